The summed E-state index contributed by atoms with van der Waals surface area (Å²) in [6.45, 7) is 6.38. The minimum Gasteiger partial charge on any atom is -0.352 e. The van der Waals surface area contributed by atoms with Gasteiger partial charge in [0.05, 0.1) is 5.69 Å². The third-order valence-electron chi connectivity index (χ3n) is 1.67. The largest absolute Gasteiger partial charge is 0.352 e. The van der Waals surface area contributed by atoms with Gasteiger partial charge >= 0.3 is 0 Å². The van der Waals surface area contributed by atoms with Gasteiger partial charge in [-0.2, -0.15) is 0 Å². The smallest absolute Gasteiger partial charge is 0.208 e. The predicted molar refractivity (Wildman–Crippen MR) is 43.4 cm³/mol. The molecule has 1 heterocycles. The quantitative estimate of drug-likeness (QED) is 0.665. The number of hydrogen-bond donors (Lipinski definition) is 0. The van der Waals surface area contributed by atoms with Crippen LogP contribution in [-0.4, -0.2) is 5.16 Å². The molecule has 61 valence electrons. The molecule has 0 fully saturated rings. The molecule has 11 heavy (non-hydrogen) atoms. The van der Waals surface area contributed by atoms with Crippen molar-refractivity contribution < 1.29 is 4.52 Å². The molecule has 0 aromatic carbocycles. The Bertz CT molecular complexity index is 215. The summed E-state index contributed by atoms with van der Waals surface area (Å²) in [6.07, 6.45) is 4.95. The van der Waals surface area contributed by atoms with E-state index in [1.165, 1.54) is 0 Å². The van der Waals surface area contributed by atoms with Crippen LogP contribution in [0.15, 0.2) is 4.52 Å². The summed E-state index contributed by atoms with van der Waals surface area (Å²) in [4.78, 5) is 0. The first-order chi connectivity index (χ1) is 5.25. The van der Waals surface area contributed by atoms with Crippen LogP contribution in [0.1, 0.15) is 44.4 Å². The van der Waals surface area contributed by atoms with E-state index in [0.29, 0.717) is 5.92 Å². The Morgan fingerprint density at radius 3 is 2.82 bits per heavy atom. The van der Waals surface area contributed by atoms with E-state index in [1.807, 2.05) is 0 Å². The average Bonchev–Trinajstić information content (AvgIpc) is 2.36. The summed E-state index contributed by atoms with van der Waals surface area (Å²) >= 11 is 0. The Labute approximate surface area is 67.6 Å². The lowest BCUT2D eigenvalue weighted by molar-refractivity contribution is 0.401. The highest BCUT2D eigenvalue weighted by Crippen LogP contribution is 2.17. The average molecular weight is 152 g/mol. The summed E-state index contributed by atoms with van der Waals surface area (Å²) in [5.74, 6) is 0.451. The third kappa shape index (κ3) is 1.82. The zero-order valence-electron chi connectivity index (χ0n) is 7.35. The number of nitrogens with zero attached hydrogens (tertiary/aromatic N) is 1. The minimum absolute atomic E-state index is 0.451. The number of aromatic nitrogens is 1. The van der Waals surface area contributed by atoms with Crippen molar-refractivity contribution in [3.8, 4) is 0 Å². The van der Waals surface area contributed by atoms with Gasteiger partial charge in [0.15, 0.2) is 0 Å². The van der Waals surface area contributed by atoms with Gasteiger partial charge in [0.1, 0.15) is 0 Å². The first-order valence-electron chi connectivity index (χ1n) is 4.11. The lowest BCUT2D eigenvalue weighted by atomic mass is 10.0. The van der Waals surface area contributed by atoms with Crippen molar-refractivity contribution in [1.29, 1.82) is 0 Å². The maximum atomic E-state index is 4.78. The van der Waals surface area contributed by atoms with Crippen LogP contribution in [0.3, 0.4) is 0 Å². The minimum atomic E-state index is 0.451. The maximum Gasteiger partial charge on any atom is 0.208 e. The Morgan fingerprint density at radius 2 is 2.27 bits per heavy atom. The zero-order chi connectivity index (χ0) is 8.27. The standard InChI is InChI=1S/C9H14NO/c1-4-5-8-6-11-10-9(8)7(2)3/h7H,4-5H2,1-3H3. The molecule has 1 aromatic rings. The molecule has 0 saturated carbocycles. The van der Waals surface area contributed by atoms with Crippen molar-refractivity contribution in [1.82, 2.24) is 5.16 Å². The van der Waals surface area contributed by atoms with E-state index in [2.05, 4.69) is 32.2 Å². The van der Waals surface area contributed by atoms with E-state index < -0.39 is 0 Å². The van der Waals surface area contributed by atoms with Crippen molar-refractivity contribution in [2.75, 3.05) is 0 Å². The molecule has 0 N–H and O–H groups in total. The van der Waals surface area contributed by atoms with E-state index in [-0.39, 0.29) is 0 Å². The predicted octanol–water partition coefficient (Wildman–Crippen LogP) is 2.55. The fourth-order valence-corrected chi connectivity index (χ4v) is 1.12. The van der Waals surface area contributed by atoms with Gasteiger partial charge in [-0.25, -0.2) is 0 Å². The molecule has 1 aromatic heterocycles. The maximum absolute atomic E-state index is 4.78. The van der Waals surface area contributed by atoms with E-state index in [4.69, 9.17) is 4.52 Å². The first kappa shape index (κ1) is 8.31. The van der Waals surface area contributed by atoms with Crippen molar-refractivity contribution in [3.05, 3.63) is 17.5 Å². The molecule has 0 spiro atoms. The molecule has 2 nitrogen and oxygen atoms in total. The van der Waals surface area contributed by atoms with Crippen LogP contribution in [0.2, 0.25) is 0 Å². The van der Waals surface area contributed by atoms with Crippen LogP contribution in [0, 0.1) is 6.26 Å². The monoisotopic (exact) mass is 152 g/mol. The van der Waals surface area contributed by atoms with E-state index in [9.17, 15) is 0 Å². The molecular weight excluding hydrogens is 138 g/mol. The highest BCUT2D eigenvalue weighted by molar-refractivity contribution is 5.16. The third-order valence-corrected chi connectivity index (χ3v) is 1.67. The van der Waals surface area contributed by atoms with Gasteiger partial charge in [0.2, 0.25) is 6.26 Å². The Hall–Kier alpha value is -0.790. The molecular formula is C9H14NO. The summed E-state index contributed by atoms with van der Waals surface area (Å²) in [5, 5.41) is 3.90. The second kappa shape index (κ2) is 3.56. The lowest BCUT2D eigenvalue weighted by Gasteiger charge is -2.00. The van der Waals surface area contributed by atoms with Gasteiger partial charge in [-0.1, -0.05) is 32.3 Å². The Balaban J connectivity index is 2.78. The van der Waals surface area contributed by atoms with Crippen LogP contribution < -0.4 is 0 Å². The Morgan fingerprint density at radius 1 is 1.55 bits per heavy atom. The summed E-state index contributed by atoms with van der Waals surface area (Å²) in [5.41, 5.74) is 2.20. The highest BCUT2D eigenvalue weighted by Gasteiger charge is 2.10. The highest BCUT2D eigenvalue weighted by atomic mass is 16.5. The molecule has 1 rings (SSSR count). The van der Waals surface area contributed by atoms with Gasteiger partial charge in [-0.15, -0.1) is 0 Å². The molecule has 1 radical (unpaired) electrons. The van der Waals surface area contributed by atoms with Crippen LogP contribution >= 0.6 is 0 Å². The van der Waals surface area contributed by atoms with Gasteiger partial charge in [0.25, 0.3) is 0 Å². The molecule has 0 aliphatic rings. The normalized spacial score (nSPS) is 10.9. The summed E-state index contributed by atoms with van der Waals surface area (Å²) in [7, 11) is 0. The van der Waals surface area contributed by atoms with E-state index in [0.717, 1.165) is 24.1 Å². The molecule has 0 amide bonds. The molecule has 0 atom stereocenters. The van der Waals surface area contributed by atoms with Crippen molar-refractivity contribution in [2.45, 2.75) is 39.5 Å². The Kier molecular flexibility index (Phi) is 2.69. The number of aryl methyl sites for hydroxylation is 1. The fourth-order valence-electron chi connectivity index (χ4n) is 1.12. The fraction of sp³-hybridized carbons (Fsp3) is 0.667. The van der Waals surface area contributed by atoms with Gasteiger partial charge in [-0.3, -0.25) is 0 Å². The molecule has 0 bridgehead atoms. The number of hydrogen-bond acceptors (Lipinski definition) is 2. The zero-order valence-corrected chi connectivity index (χ0v) is 7.35. The van der Waals surface area contributed by atoms with E-state index in [1.54, 1.807) is 0 Å². The van der Waals surface area contributed by atoms with Gasteiger partial charge in [-0.05, 0) is 12.3 Å². The molecule has 0 saturated heterocycles. The van der Waals surface area contributed by atoms with Gasteiger partial charge < -0.3 is 4.52 Å². The SMILES string of the molecule is CCCc1[c]onc1C(C)C. The van der Waals surface area contributed by atoms with Crippen LogP contribution in [0.25, 0.3) is 0 Å². The molecule has 0 aliphatic heterocycles. The summed E-state index contributed by atoms with van der Waals surface area (Å²) in [6, 6.07) is 0. The molecule has 0 unspecified atom stereocenters. The summed E-state index contributed by atoms with van der Waals surface area (Å²) < 4.78 is 4.78. The van der Waals surface area contributed by atoms with Crippen molar-refractivity contribution >= 4 is 0 Å². The first-order valence-corrected chi connectivity index (χ1v) is 4.11. The number of rotatable bonds is 3. The van der Waals surface area contributed by atoms with E-state index >= 15 is 0 Å². The van der Waals surface area contributed by atoms with Crippen LogP contribution in [0.4, 0.5) is 0 Å². The molecule has 2 heteroatoms. The van der Waals surface area contributed by atoms with Crippen molar-refractivity contribution in [2.24, 2.45) is 0 Å². The second-order valence-electron chi connectivity index (χ2n) is 3.05. The topological polar surface area (TPSA) is 26.0 Å². The van der Waals surface area contributed by atoms with Gasteiger partial charge in [0, 0.05) is 5.56 Å². The lowest BCUT2D eigenvalue weighted by Crippen LogP contribution is -1.93. The van der Waals surface area contributed by atoms with Crippen LogP contribution in [-0.2, 0) is 6.42 Å². The van der Waals surface area contributed by atoms with Crippen LogP contribution in [0.5, 0.6) is 0 Å². The van der Waals surface area contributed by atoms with Crippen molar-refractivity contribution in [3.63, 3.8) is 0 Å². The molecule has 0 aliphatic carbocycles. The second-order valence-corrected chi connectivity index (χ2v) is 3.05.